The number of nitrogens with zero attached hydrogens (tertiary/aromatic N) is 2. The number of hydrogen-bond acceptors (Lipinski definition) is 4. The highest BCUT2D eigenvalue weighted by Gasteiger charge is 2.34. The number of halogens is 1. The number of thiophene rings is 1. The zero-order valence-corrected chi connectivity index (χ0v) is 22.6. The van der Waals surface area contributed by atoms with Crippen LogP contribution in [0.5, 0.6) is 0 Å². The molecule has 35 heavy (non-hydrogen) atoms. The van der Waals surface area contributed by atoms with Crippen LogP contribution in [0, 0.1) is 6.92 Å². The normalized spacial score (nSPS) is 15.1. The van der Waals surface area contributed by atoms with E-state index in [1.807, 2.05) is 24.0 Å². The van der Waals surface area contributed by atoms with Gasteiger partial charge in [-0.05, 0) is 73.5 Å². The van der Waals surface area contributed by atoms with Crippen LogP contribution < -0.4 is 0 Å². The summed E-state index contributed by atoms with van der Waals surface area (Å²) < 4.78 is 6.39. The summed E-state index contributed by atoms with van der Waals surface area (Å²) in [5.74, 6) is -0.170. The van der Waals surface area contributed by atoms with E-state index in [1.54, 1.807) is 28.4 Å². The molecule has 1 aliphatic heterocycles. The summed E-state index contributed by atoms with van der Waals surface area (Å²) in [5.41, 5.74) is 4.06. The fourth-order valence-electron chi connectivity index (χ4n) is 4.48. The van der Waals surface area contributed by atoms with Crippen LogP contribution in [0.25, 0.3) is 0 Å². The smallest absolute Gasteiger partial charge is 0.254 e. The van der Waals surface area contributed by atoms with Crippen LogP contribution in [0.4, 0.5) is 0 Å². The summed E-state index contributed by atoms with van der Waals surface area (Å²) in [6.45, 7) is 6.36. The average molecular weight is 556 g/mol. The van der Waals surface area contributed by atoms with Crippen LogP contribution in [-0.4, -0.2) is 54.5 Å². The third-order valence-electron chi connectivity index (χ3n) is 6.30. The van der Waals surface area contributed by atoms with Gasteiger partial charge in [-0.15, -0.1) is 11.3 Å². The Labute approximate surface area is 219 Å². The van der Waals surface area contributed by atoms with Gasteiger partial charge in [0.15, 0.2) is 0 Å². The average Bonchev–Trinajstić information content (AvgIpc) is 3.35. The lowest BCUT2D eigenvalue weighted by Crippen LogP contribution is -2.47. The molecule has 2 aromatic carbocycles. The molecule has 4 rings (SSSR count). The van der Waals surface area contributed by atoms with Crippen molar-refractivity contribution in [3.63, 3.8) is 0 Å². The monoisotopic (exact) mass is 554 g/mol. The van der Waals surface area contributed by atoms with E-state index in [2.05, 4.69) is 58.6 Å². The van der Waals surface area contributed by atoms with Crippen LogP contribution in [0.2, 0.25) is 0 Å². The molecule has 0 saturated carbocycles. The molecule has 0 N–H and O–H groups in total. The largest absolute Gasteiger partial charge is 0.382 e. The molecule has 0 radical (unpaired) electrons. The molecule has 2 amide bonds. The molecule has 2 heterocycles. The summed E-state index contributed by atoms with van der Waals surface area (Å²) in [7, 11) is 0. The van der Waals surface area contributed by atoms with E-state index >= 15 is 0 Å². The van der Waals surface area contributed by atoms with Gasteiger partial charge in [-0.25, -0.2) is 0 Å². The lowest BCUT2D eigenvalue weighted by atomic mass is 9.92. The summed E-state index contributed by atoms with van der Waals surface area (Å²) >= 11 is 5.18. The van der Waals surface area contributed by atoms with E-state index in [1.165, 1.54) is 16.0 Å². The minimum atomic E-state index is -0.137. The van der Waals surface area contributed by atoms with Gasteiger partial charge in [0.25, 0.3) is 5.91 Å². The summed E-state index contributed by atoms with van der Waals surface area (Å²) in [4.78, 5) is 32.1. The topological polar surface area (TPSA) is 49.9 Å². The summed E-state index contributed by atoms with van der Waals surface area (Å²) in [6.07, 6.45) is 1.52. The first-order chi connectivity index (χ1) is 17.0. The third kappa shape index (κ3) is 6.21. The van der Waals surface area contributed by atoms with Gasteiger partial charge in [-0.3, -0.25) is 9.59 Å². The maximum Gasteiger partial charge on any atom is 0.254 e. The number of carbonyl (C=O) groups is 2. The molecule has 1 aromatic heterocycles. The van der Waals surface area contributed by atoms with Crippen LogP contribution in [0.15, 0.2) is 64.5 Å². The Morgan fingerprint density at radius 1 is 1.11 bits per heavy atom. The third-order valence-corrected chi connectivity index (χ3v) is 7.83. The maximum atomic E-state index is 13.8. The molecule has 0 bridgehead atoms. The van der Waals surface area contributed by atoms with Gasteiger partial charge in [-0.2, -0.15) is 0 Å². The first kappa shape index (κ1) is 25.6. The van der Waals surface area contributed by atoms with Gasteiger partial charge in [0.2, 0.25) is 5.91 Å². The maximum absolute atomic E-state index is 13.8. The second-order valence-electron chi connectivity index (χ2n) is 8.73. The molecule has 0 spiro atoms. The molecule has 0 fully saturated rings. The van der Waals surface area contributed by atoms with Crippen molar-refractivity contribution in [2.24, 2.45) is 0 Å². The minimum Gasteiger partial charge on any atom is -0.382 e. The highest BCUT2D eigenvalue weighted by atomic mass is 79.9. The van der Waals surface area contributed by atoms with Crippen molar-refractivity contribution < 1.29 is 14.3 Å². The van der Waals surface area contributed by atoms with Crippen molar-refractivity contribution in [3.8, 4) is 0 Å². The molecule has 7 heteroatoms. The Hall–Kier alpha value is -2.48. The predicted octanol–water partition coefficient (Wildman–Crippen LogP) is 5.86. The van der Waals surface area contributed by atoms with E-state index < -0.39 is 0 Å². The summed E-state index contributed by atoms with van der Waals surface area (Å²) in [6, 6.07) is 17.7. The van der Waals surface area contributed by atoms with Crippen molar-refractivity contribution in [1.29, 1.82) is 0 Å². The Morgan fingerprint density at radius 3 is 2.57 bits per heavy atom. The van der Waals surface area contributed by atoms with Gasteiger partial charge in [0.05, 0.1) is 6.04 Å². The molecule has 5 nitrogen and oxygen atoms in total. The number of hydrogen-bond donors (Lipinski definition) is 0. The molecule has 3 aromatic rings. The van der Waals surface area contributed by atoms with Crippen LogP contribution in [0.3, 0.4) is 0 Å². The lowest BCUT2D eigenvalue weighted by molar-refractivity contribution is -0.134. The van der Waals surface area contributed by atoms with Gasteiger partial charge in [0.1, 0.15) is 6.54 Å². The fraction of sp³-hybridized carbons (Fsp3) is 0.357. The second-order valence-corrected chi connectivity index (χ2v) is 10.6. The molecule has 0 saturated heterocycles. The molecule has 184 valence electrons. The van der Waals surface area contributed by atoms with Crippen molar-refractivity contribution in [3.05, 3.63) is 91.6 Å². The fourth-order valence-corrected chi connectivity index (χ4v) is 5.64. The highest BCUT2D eigenvalue weighted by Crippen LogP contribution is 2.38. The SMILES string of the molecule is CCOCCCN(CC(=O)N1CCc2sccc2C1c1ccc(C)cc1)C(=O)c1ccc(Br)cc1. The number of amides is 2. The first-order valence-electron chi connectivity index (χ1n) is 12.0. The Bertz CT molecular complexity index is 1140. The lowest BCUT2D eigenvalue weighted by Gasteiger charge is -2.37. The molecular formula is C28H31BrN2O3S. The standard InChI is InChI=1S/C28H31BrN2O3S/c1-3-34-17-4-15-30(28(33)22-9-11-23(29)12-10-22)19-26(32)31-16-13-25-24(14-18-35-25)27(31)21-7-5-20(2)6-8-21/h5-12,14,18,27H,3-4,13,15-17,19H2,1-2H3. The Kier molecular flexibility index (Phi) is 8.76. The van der Waals surface area contributed by atoms with E-state index in [-0.39, 0.29) is 24.4 Å². The van der Waals surface area contributed by atoms with E-state index in [4.69, 9.17) is 4.74 Å². The molecule has 0 aliphatic carbocycles. The van der Waals surface area contributed by atoms with Crippen molar-refractivity contribution in [2.45, 2.75) is 32.7 Å². The quantitative estimate of drug-likeness (QED) is 0.311. The number of ether oxygens (including phenoxy) is 1. The predicted molar refractivity (Wildman–Crippen MR) is 144 cm³/mol. The van der Waals surface area contributed by atoms with E-state index in [9.17, 15) is 9.59 Å². The first-order valence-corrected chi connectivity index (χ1v) is 13.7. The highest BCUT2D eigenvalue weighted by molar-refractivity contribution is 9.10. The molecule has 1 aliphatic rings. The van der Waals surface area contributed by atoms with Gasteiger partial charge >= 0.3 is 0 Å². The Morgan fingerprint density at radius 2 is 1.86 bits per heavy atom. The van der Waals surface area contributed by atoms with E-state index in [0.717, 1.165) is 16.5 Å². The Balaban J connectivity index is 1.57. The number of aryl methyl sites for hydroxylation is 1. The zero-order chi connectivity index (χ0) is 24.8. The van der Waals surface area contributed by atoms with Crippen LogP contribution in [-0.2, 0) is 16.0 Å². The number of rotatable bonds is 9. The van der Waals surface area contributed by atoms with Crippen molar-refractivity contribution >= 4 is 39.1 Å². The second kappa shape index (κ2) is 12.0. The molecule has 1 unspecified atom stereocenters. The molecular weight excluding hydrogens is 524 g/mol. The van der Waals surface area contributed by atoms with Crippen LogP contribution >= 0.6 is 27.3 Å². The van der Waals surface area contributed by atoms with Crippen molar-refractivity contribution in [1.82, 2.24) is 9.80 Å². The van der Waals surface area contributed by atoms with Crippen LogP contribution in [0.1, 0.15) is 51.3 Å². The zero-order valence-electron chi connectivity index (χ0n) is 20.2. The number of fused-ring (bicyclic) bond motifs is 1. The minimum absolute atomic E-state index is 0.0331. The van der Waals surface area contributed by atoms with Crippen molar-refractivity contribution in [2.75, 3.05) is 32.8 Å². The van der Waals surface area contributed by atoms with E-state index in [0.29, 0.717) is 38.3 Å². The van der Waals surface area contributed by atoms with Gasteiger partial charge < -0.3 is 14.5 Å². The summed E-state index contributed by atoms with van der Waals surface area (Å²) in [5, 5.41) is 2.11. The number of carbonyl (C=O) groups excluding carboxylic acids is 2. The van der Waals surface area contributed by atoms with Gasteiger partial charge in [-0.1, -0.05) is 45.8 Å². The van der Waals surface area contributed by atoms with Gasteiger partial charge in [0, 0.05) is 41.2 Å². The number of benzene rings is 2. The molecule has 1 atom stereocenters.